The van der Waals surface area contributed by atoms with Crippen molar-refractivity contribution in [2.75, 3.05) is 11.9 Å². The molecule has 0 bridgehead atoms. The van der Waals surface area contributed by atoms with E-state index < -0.39 is 5.41 Å². The van der Waals surface area contributed by atoms with Gasteiger partial charge >= 0.3 is 0 Å². The van der Waals surface area contributed by atoms with Crippen molar-refractivity contribution in [1.29, 1.82) is 0 Å². The van der Waals surface area contributed by atoms with Crippen molar-refractivity contribution in [2.45, 2.75) is 19.3 Å². The van der Waals surface area contributed by atoms with Crippen LogP contribution in [0.1, 0.15) is 19.4 Å². The maximum atomic E-state index is 11.7. The molecule has 2 rings (SSSR count). The average molecular weight is 215 g/mol. The van der Waals surface area contributed by atoms with Gasteiger partial charge in [0.1, 0.15) is 12.4 Å². The highest BCUT2D eigenvalue weighted by Gasteiger charge is 2.38. The van der Waals surface area contributed by atoms with Crippen LogP contribution in [-0.2, 0) is 10.2 Å². The molecule has 1 heterocycles. The van der Waals surface area contributed by atoms with E-state index in [-0.39, 0.29) is 12.5 Å². The molecule has 0 radical (unpaired) electrons. The van der Waals surface area contributed by atoms with Crippen LogP contribution in [-0.4, -0.2) is 12.5 Å². The minimum absolute atomic E-state index is 0.0107. The van der Waals surface area contributed by atoms with Gasteiger partial charge in [0, 0.05) is 5.69 Å². The minimum Gasteiger partial charge on any atom is -0.481 e. The minimum atomic E-state index is -0.509. The van der Waals surface area contributed by atoms with E-state index in [2.05, 4.69) is 11.2 Å². The maximum Gasteiger partial charge on any atom is 0.234 e. The predicted molar refractivity (Wildman–Crippen MR) is 62.4 cm³/mol. The fraction of sp³-hybridized carbons (Fsp3) is 0.308. The van der Waals surface area contributed by atoms with E-state index in [0.29, 0.717) is 5.75 Å². The zero-order chi connectivity index (χ0) is 11.8. The molecule has 16 heavy (non-hydrogen) atoms. The van der Waals surface area contributed by atoms with Crippen molar-refractivity contribution in [3.05, 3.63) is 23.8 Å². The first-order valence-corrected chi connectivity index (χ1v) is 5.08. The van der Waals surface area contributed by atoms with Gasteiger partial charge in [-0.25, -0.2) is 0 Å². The van der Waals surface area contributed by atoms with E-state index in [1.54, 1.807) is 6.07 Å². The van der Waals surface area contributed by atoms with Gasteiger partial charge in [-0.15, -0.1) is 6.42 Å². The third kappa shape index (κ3) is 1.53. The number of fused-ring (bicyclic) bond motifs is 1. The van der Waals surface area contributed by atoms with Gasteiger partial charge in [-0.2, -0.15) is 0 Å². The van der Waals surface area contributed by atoms with Crippen LogP contribution in [0.25, 0.3) is 0 Å². The van der Waals surface area contributed by atoms with E-state index in [1.165, 1.54) is 0 Å². The summed E-state index contributed by atoms with van der Waals surface area (Å²) in [5, 5.41) is 2.84. The summed E-state index contributed by atoms with van der Waals surface area (Å²) in [5.74, 6) is 3.11. The van der Waals surface area contributed by atoms with Crippen LogP contribution in [0.3, 0.4) is 0 Å². The molecule has 82 valence electrons. The number of ether oxygens (including phenoxy) is 1. The second-order valence-electron chi connectivity index (χ2n) is 4.28. The lowest BCUT2D eigenvalue weighted by atomic mass is 9.86. The van der Waals surface area contributed by atoms with Gasteiger partial charge in [0.2, 0.25) is 5.91 Å². The fourth-order valence-electron chi connectivity index (χ4n) is 1.77. The van der Waals surface area contributed by atoms with Crippen molar-refractivity contribution in [3.63, 3.8) is 0 Å². The van der Waals surface area contributed by atoms with Crippen LogP contribution in [0.4, 0.5) is 5.69 Å². The predicted octanol–water partition coefficient (Wildman–Crippen LogP) is 1.93. The van der Waals surface area contributed by atoms with Crippen molar-refractivity contribution >= 4 is 11.6 Å². The van der Waals surface area contributed by atoms with Crippen LogP contribution in [0.5, 0.6) is 5.75 Å². The summed E-state index contributed by atoms with van der Waals surface area (Å²) in [6, 6.07) is 5.51. The largest absolute Gasteiger partial charge is 0.481 e. The number of carbonyl (C=O) groups is 1. The second-order valence-corrected chi connectivity index (χ2v) is 4.28. The Morgan fingerprint density at radius 1 is 1.50 bits per heavy atom. The SMILES string of the molecule is C#CCOc1ccc2c(c1)C(C)(C)C(=O)N2. The monoisotopic (exact) mass is 215 g/mol. The van der Waals surface area contributed by atoms with Crippen LogP contribution >= 0.6 is 0 Å². The molecule has 1 aromatic carbocycles. The number of hydrogen-bond acceptors (Lipinski definition) is 2. The summed E-state index contributed by atoms with van der Waals surface area (Å²) in [4.78, 5) is 11.7. The Morgan fingerprint density at radius 3 is 2.94 bits per heavy atom. The van der Waals surface area contributed by atoms with Crippen molar-refractivity contribution < 1.29 is 9.53 Å². The Bertz CT molecular complexity index is 483. The average Bonchev–Trinajstić information content (AvgIpc) is 2.48. The Morgan fingerprint density at radius 2 is 2.25 bits per heavy atom. The zero-order valence-electron chi connectivity index (χ0n) is 9.33. The maximum absolute atomic E-state index is 11.7. The molecule has 0 aliphatic carbocycles. The number of amides is 1. The summed E-state index contributed by atoms with van der Waals surface area (Å²) in [6.45, 7) is 4.01. The van der Waals surface area contributed by atoms with Gasteiger partial charge in [-0.1, -0.05) is 5.92 Å². The first-order chi connectivity index (χ1) is 7.55. The Kier molecular flexibility index (Phi) is 2.35. The molecule has 0 unspecified atom stereocenters. The number of nitrogens with one attached hydrogen (secondary N) is 1. The highest BCUT2D eigenvalue weighted by Crippen LogP contribution is 2.39. The zero-order valence-corrected chi connectivity index (χ0v) is 9.33. The van der Waals surface area contributed by atoms with Crippen LogP contribution in [0, 0.1) is 12.3 Å². The van der Waals surface area contributed by atoms with E-state index in [9.17, 15) is 4.79 Å². The lowest BCUT2D eigenvalue weighted by Crippen LogP contribution is -2.26. The molecule has 1 amide bonds. The number of anilines is 1. The molecule has 1 aromatic rings. The molecule has 1 aliphatic heterocycles. The topological polar surface area (TPSA) is 38.3 Å². The fourth-order valence-corrected chi connectivity index (χ4v) is 1.77. The van der Waals surface area contributed by atoms with Gasteiger partial charge in [0.05, 0.1) is 5.41 Å². The highest BCUT2D eigenvalue weighted by atomic mass is 16.5. The number of benzene rings is 1. The molecule has 0 spiro atoms. The van der Waals surface area contributed by atoms with Gasteiger partial charge in [0.15, 0.2) is 0 Å². The van der Waals surface area contributed by atoms with Crippen LogP contribution < -0.4 is 10.1 Å². The Hall–Kier alpha value is -1.95. The molecule has 0 aromatic heterocycles. The number of rotatable bonds is 2. The normalized spacial score (nSPS) is 16.2. The Labute approximate surface area is 94.8 Å². The molecule has 3 heteroatoms. The van der Waals surface area contributed by atoms with Gasteiger partial charge in [-0.05, 0) is 37.6 Å². The molecule has 1 N–H and O–H groups in total. The molecule has 0 fully saturated rings. The van der Waals surface area contributed by atoms with Crippen LogP contribution in [0.15, 0.2) is 18.2 Å². The summed E-state index contributed by atoms with van der Waals surface area (Å²) in [6.07, 6.45) is 5.12. The molecule has 1 aliphatic rings. The summed E-state index contributed by atoms with van der Waals surface area (Å²) in [5.41, 5.74) is 1.29. The molecular formula is C13H13NO2. The quantitative estimate of drug-likeness (QED) is 0.765. The van der Waals surface area contributed by atoms with E-state index in [0.717, 1.165) is 11.3 Å². The summed E-state index contributed by atoms with van der Waals surface area (Å²) < 4.78 is 5.33. The lowest BCUT2D eigenvalue weighted by molar-refractivity contribution is -0.119. The smallest absolute Gasteiger partial charge is 0.234 e. The van der Waals surface area contributed by atoms with Gasteiger partial charge in [-0.3, -0.25) is 4.79 Å². The van der Waals surface area contributed by atoms with Gasteiger partial charge < -0.3 is 10.1 Å². The second kappa shape index (κ2) is 3.57. The summed E-state index contributed by atoms with van der Waals surface area (Å²) in [7, 11) is 0. The third-order valence-corrected chi connectivity index (χ3v) is 2.80. The lowest BCUT2D eigenvalue weighted by Gasteiger charge is -2.15. The van der Waals surface area contributed by atoms with Gasteiger partial charge in [0.25, 0.3) is 0 Å². The van der Waals surface area contributed by atoms with Crippen molar-refractivity contribution in [1.82, 2.24) is 0 Å². The first-order valence-electron chi connectivity index (χ1n) is 5.08. The number of carbonyl (C=O) groups excluding carboxylic acids is 1. The molecular weight excluding hydrogens is 202 g/mol. The van der Waals surface area contributed by atoms with Crippen LogP contribution in [0.2, 0.25) is 0 Å². The van der Waals surface area contributed by atoms with E-state index in [1.807, 2.05) is 26.0 Å². The van der Waals surface area contributed by atoms with E-state index in [4.69, 9.17) is 11.2 Å². The van der Waals surface area contributed by atoms with E-state index >= 15 is 0 Å². The summed E-state index contributed by atoms with van der Waals surface area (Å²) >= 11 is 0. The molecule has 0 saturated heterocycles. The Balaban J connectivity index is 2.37. The molecule has 0 atom stereocenters. The third-order valence-electron chi connectivity index (χ3n) is 2.80. The number of terminal acetylenes is 1. The molecule has 0 saturated carbocycles. The highest BCUT2D eigenvalue weighted by molar-refractivity contribution is 6.05. The number of hydrogen-bond donors (Lipinski definition) is 1. The molecule has 3 nitrogen and oxygen atoms in total. The van der Waals surface area contributed by atoms with Crippen molar-refractivity contribution in [2.24, 2.45) is 0 Å². The van der Waals surface area contributed by atoms with Crippen molar-refractivity contribution in [3.8, 4) is 18.1 Å². The standard InChI is InChI=1S/C13H13NO2/c1-4-7-16-9-5-6-11-10(8-9)13(2,3)12(15)14-11/h1,5-6,8H,7H2,2-3H3,(H,14,15). The first kappa shape index (κ1) is 10.6.